The Balaban J connectivity index is 3.51. The van der Waals surface area contributed by atoms with Gasteiger partial charge in [0.25, 0.3) is 0 Å². The first-order valence-corrected chi connectivity index (χ1v) is 4.16. The molecule has 0 N–H and O–H groups in total. The highest BCUT2D eigenvalue weighted by Gasteiger charge is 2.20. The Hall–Kier alpha value is -0.870. The van der Waals surface area contributed by atoms with E-state index in [4.69, 9.17) is 23.2 Å². The molecule has 0 bridgehead atoms. The van der Waals surface area contributed by atoms with Crippen LogP contribution in [0.15, 0.2) is 6.07 Å². The minimum absolute atomic E-state index is 0.273. The van der Waals surface area contributed by atoms with Gasteiger partial charge in [0.2, 0.25) is 0 Å². The summed E-state index contributed by atoms with van der Waals surface area (Å²) < 4.78 is 29.9. The molecule has 14 heavy (non-hydrogen) atoms. The van der Waals surface area contributed by atoms with E-state index < -0.39 is 22.4 Å². The zero-order valence-corrected chi connectivity index (χ0v) is 8.42. The van der Waals surface area contributed by atoms with Crippen LogP contribution in [-0.2, 0) is 0 Å². The maximum Gasteiger partial charge on any atom is 0.336 e. The number of carbonyl (C=O) groups excluding carboxylic acids is 1. The second kappa shape index (κ2) is 4.11. The lowest BCUT2D eigenvalue weighted by atomic mass is 10.2. The van der Waals surface area contributed by atoms with Crippen molar-refractivity contribution in [2.75, 3.05) is 7.11 Å². The number of rotatable bonds is 2. The highest BCUT2D eigenvalue weighted by atomic mass is 35.5. The van der Waals surface area contributed by atoms with Crippen molar-refractivity contribution in [2.45, 2.75) is 0 Å². The van der Waals surface area contributed by atoms with Gasteiger partial charge in [-0.25, -0.2) is 4.39 Å². The Morgan fingerprint density at radius 2 is 2.00 bits per heavy atom. The van der Waals surface area contributed by atoms with Gasteiger partial charge < -0.3 is 4.74 Å². The van der Waals surface area contributed by atoms with E-state index in [0.717, 1.165) is 0 Å². The lowest BCUT2D eigenvalue weighted by Gasteiger charge is -2.08. The molecule has 0 atom stereocenters. The molecule has 0 radical (unpaired) electrons. The monoisotopic (exact) mass is 240 g/mol. The maximum atomic E-state index is 12.9. The molecule has 0 unspecified atom stereocenters. The van der Waals surface area contributed by atoms with E-state index in [1.54, 1.807) is 0 Å². The first kappa shape index (κ1) is 11.2. The fraction of sp³-hybridized carbons (Fsp3) is 0.125. The van der Waals surface area contributed by atoms with Crippen LogP contribution in [0.5, 0.6) is 5.75 Å². The van der Waals surface area contributed by atoms with Gasteiger partial charge in [-0.1, -0.05) is 23.2 Å². The van der Waals surface area contributed by atoms with Crippen molar-refractivity contribution < 1.29 is 18.3 Å². The van der Waals surface area contributed by atoms with Gasteiger partial charge in [0.05, 0.1) is 17.7 Å². The van der Waals surface area contributed by atoms with E-state index >= 15 is 0 Å². The molecular weight excluding hydrogens is 237 g/mol. The first-order chi connectivity index (χ1) is 6.49. The van der Waals surface area contributed by atoms with E-state index in [1.165, 1.54) is 7.11 Å². The van der Waals surface area contributed by atoms with Gasteiger partial charge in [-0.2, -0.15) is 4.39 Å². The number of benzene rings is 1. The zero-order valence-electron chi connectivity index (χ0n) is 6.91. The van der Waals surface area contributed by atoms with Crippen molar-refractivity contribution in [2.24, 2.45) is 0 Å². The summed E-state index contributed by atoms with van der Waals surface area (Å²) in [5.41, 5.74) is -0.584. The number of hydrogen-bond acceptors (Lipinski definition) is 2. The summed E-state index contributed by atoms with van der Waals surface area (Å²) >= 11 is 10.9. The lowest BCUT2D eigenvalue weighted by molar-refractivity contribution is 0.0832. The normalized spacial score (nSPS) is 10.1. The van der Waals surface area contributed by atoms with Gasteiger partial charge in [-0.15, -0.1) is 0 Å². The van der Waals surface area contributed by atoms with Gasteiger partial charge in [-0.05, 0) is 6.07 Å². The quantitative estimate of drug-likeness (QED) is 0.586. The largest absolute Gasteiger partial charge is 0.494 e. The molecule has 1 aromatic rings. The average molecular weight is 241 g/mol. The smallest absolute Gasteiger partial charge is 0.336 e. The molecule has 0 amide bonds. The number of ether oxygens (including phenoxy) is 1. The molecule has 0 aliphatic heterocycles. The van der Waals surface area contributed by atoms with E-state index in [0.29, 0.717) is 6.07 Å². The fourth-order valence-corrected chi connectivity index (χ4v) is 1.33. The van der Waals surface area contributed by atoms with Crippen LogP contribution in [0, 0.1) is 5.82 Å². The predicted molar refractivity (Wildman–Crippen MR) is 48.4 cm³/mol. The van der Waals surface area contributed by atoms with Crippen LogP contribution in [0.1, 0.15) is 10.4 Å². The van der Waals surface area contributed by atoms with Crippen molar-refractivity contribution in [3.05, 3.63) is 27.5 Å². The SMILES string of the molecule is COc1c(C(=O)F)cc(F)c(Cl)c1Cl. The van der Waals surface area contributed by atoms with Crippen LogP contribution >= 0.6 is 23.2 Å². The summed E-state index contributed by atoms with van der Waals surface area (Å²) in [6, 6.07) is -1.20. The van der Waals surface area contributed by atoms with Gasteiger partial charge in [0.1, 0.15) is 10.8 Å². The third-order valence-electron chi connectivity index (χ3n) is 1.53. The highest BCUT2D eigenvalue weighted by molar-refractivity contribution is 6.43. The van der Waals surface area contributed by atoms with Crippen LogP contribution in [0.3, 0.4) is 0 Å². The van der Waals surface area contributed by atoms with Crippen molar-refractivity contribution in [1.82, 2.24) is 0 Å². The van der Waals surface area contributed by atoms with Gasteiger partial charge in [0, 0.05) is 0 Å². The molecule has 0 fully saturated rings. The Bertz CT molecular complexity index is 393. The molecule has 0 saturated carbocycles. The van der Waals surface area contributed by atoms with E-state index in [9.17, 15) is 13.6 Å². The highest BCUT2D eigenvalue weighted by Crippen LogP contribution is 2.37. The van der Waals surface area contributed by atoms with Crippen LogP contribution in [0.4, 0.5) is 8.78 Å². The molecule has 6 heteroatoms. The van der Waals surface area contributed by atoms with Gasteiger partial charge in [0.15, 0.2) is 5.75 Å². The van der Waals surface area contributed by atoms with Crippen LogP contribution in [-0.4, -0.2) is 13.1 Å². The fourth-order valence-electron chi connectivity index (χ4n) is 0.924. The van der Waals surface area contributed by atoms with Crippen molar-refractivity contribution in [3.8, 4) is 5.75 Å². The minimum Gasteiger partial charge on any atom is -0.494 e. The molecule has 2 nitrogen and oxygen atoms in total. The second-order valence-electron chi connectivity index (χ2n) is 2.34. The molecule has 76 valence electrons. The Morgan fingerprint density at radius 3 is 2.43 bits per heavy atom. The summed E-state index contributed by atoms with van der Waals surface area (Å²) in [6.07, 6.45) is 0. The van der Waals surface area contributed by atoms with Crippen molar-refractivity contribution in [3.63, 3.8) is 0 Å². The summed E-state index contributed by atoms with van der Waals surface area (Å²) in [5, 5.41) is -0.733. The molecule has 0 heterocycles. The predicted octanol–water partition coefficient (Wildman–Crippen LogP) is 3.25. The number of hydrogen-bond donors (Lipinski definition) is 0. The molecule has 0 aliphatic carbocycles. The number of methoxy groups -OCH3 is 1. The Morgan fingerprint density at radius 1 is 1.43 bits per heavy atom. The van der Waals surface area contributed by atoms with Gasteiger partial charge >= 0.3 is 6.04 Å². The second-order valence-corrected chi connectivity index (χ2v) is 3.10. The van der Waals surface area contributed by atoms with E-state index in [1.807, 2.05) is 0 Å². The molecule has 1 rings (SSSR count). The third kappa shape index (κ3) is 1.81. The number of carbonyl (C=O) groups is 1. The summed E-state index contributed by atoms with van der Waals surface area (Å²) in [7, 11) is 1.17. The molecule has 0 aromatic heterocycles. The molecule has 0 aliphatic rings. The van der Waals surface area contributed by atoms with Crippen molar-refractivity contribution in [1.29, 1.82) is 0 Å². The third-order valence-corrected chi connectivity index (χ3v) is 2.36. The summed E-state index contributed by atoms with van der Waals surface area (Å²) in [6.45, 7) is 0. The average Bonchev–Trinajstić information content (AvgIpc) is 2.13. The molecular formula is C8H4Cl2F2O2. The topological polar surface area (TPSA) is 26.3 Å². The van der Waals surface area contributed by atoms with Crippen LogP contribution in [0.2, 0.25) is 10.0 Å². The molecule has 0 spiro atoms. The first-order valence-electron chi connectivity index (χ1n) is 3.40. The molecule has 1 aromatic carbocycles. The van der Waals surface area contributed by atoms with E-state index in [-0.39, 0.29) is 10.8 Å². The van der Waals surface area contributed by atoms with Gasteiger partial charge in [-0.3, -0.25) is 4.79 Å². The van der Waals surface area contributed by atoms with Crippen LogP contribution in [0.25, 0.3) is 0 Å². The van der Waals surface area contributed by atoms with E-state index in [2.05, 4.69) is 4.74 Å². The standard InChI is InChI=1S/C8H4Cl2F2O2/c1-14-7-3(8(12)13)2-4(11)5(9)6(7)10/h2H,1H3. The zero-order chi connectivity index (χ0) is 10.9. The summed E-state index contributed by atoms with van der Waals surface area (Å²) in [5.74, 6) is -1.25. The maximum absolute atomic E-state index is 12.9. The lowest BCUT2D eigenvalue weighted by Crippen LogP contribution is -1.99. The number of halogens is 4. The minimum atomic E-state index is -1.83. The Labute approximate surface area is 88.4 Å². The summed E-state index contributed by atoms with van der Waals surface area (Å²) in [4.78, 5) is 10.4. The van der Waals surface area contributed by atoms with Crippen molar-refractivity contribution >= 4 is 29.2 Å². The molecule has 0 saturated heterocycles. The Kier molecular flexibility index (Phi) is 3.29. The van der Waals surface area contributed by atoms with Crippen LogP contribution < -0.4 is 4.74 Å².